The van der Waals surface area contributed by atoms with E-state index in [2.05, 4.69) is 5.32 Å². The lowest BCUT2D eigenvalue weighted by Crippen LogP contribution is -2.49. The van der Waals surface area contributed by atoms with Crippen LogP contribution in [0.1, 0.15) is 33.5 Å². The van der Waals surface area contributed by atoms with Crippen molar-refractivity contribution in [2.24, 2.45) is 0 Å². The highest BCUT2D eigenvalue weighted by atomic mass is 19.4. The van der Waals surface area contributed by atoms with Crippen molar-refractivity contribution in [2.45, 2.75) is 26.1 Å². The Bertz CT molecular complexity index is 1210. The van der Waals surface area contributed by atoms with E-state index in [4.69, 9.17) is 0 Å². The molecular formula is C26H24F3N3O2. The number of carbonyl (C=O) groups excluding carboxylic acids is 2. The first-order chi connectivity index (χ1) is 16.2. The summed E-state index contributed by atoms with van der Waals surface area (Å²) in [6, 6.07) is 19.0. The van der Waals surface area contributed by atoms with Gasteiger partial charge in [-0.25, -0.2) is 4.79 Å². The second-order valence-electron chi connectivity index (χ2n) is 8.23. The van der Waals surface area contributed by atoms with Gasteiger partial charge in [0.25, 0.3) is 5.91 Å². The van der Waals surface area contributed by atoms with Gasteiger partial charge in [0.05, 0.1) is 5.56 Å². The number of anilines is 2. The molecule has 0 aliphatic carbocycles. The van der Waals surface area contributed by atoms with Gasteiger partial charge >= 0.3 is 12.2 Å². The molecule has 1 aliphatic rings. The fourth-order valence-corrected chi connectivity index (χ4v) is 4.01. The van der Waals surface area contributed by atoms with Gasteiger partial charge in [0.15, 0.2) is 0 Å². The lowest BCUT2D eigenvalue weighted by molar-refractivity contribution is -0.137. The molecule has 1 heterocycles. The molecule has 8 heteroatoms. The molecule has 3 aromatic carbocycles. The molecular weight excluding hydrogens is 443 g/mol. The molecule has 0 saturated carbocycles. The summed E-state index contributed by atoms with van der Waals surface area (Å²) in [6.07, 6.45) is -3.76. The van der Waals surface area contributed by atoms with Crippen molar-refractivity contribution >= 4 is 23.3 Å². The lowest BCUT2D eigenvalue weighted by atomic mass is 10.1. The number of amides is 3. The van der Waals surface area contributed by atoms with Crippen LogP contribution in [0.3, 0.4) is 0 Å². The number of rotatable bonds is 5. The first-order valence-electron chi connectivity index (χ1n) is 10.9. The number of carbonyl (C=O) groups is 2. The van der Waals surface area contributed by atoms with E-state index in [0.29, 0.717) is 42.0 Å². The third-order valence-corrected chi connectivity index (χ3v) is 5.74. The van der Waals surface area contributed by atoms with Gasteiger partial charge < -0.3 is 10.2 Å². The summed E-state index contributed by atoms with van der Waals surface area (Å²) in [4.78, 5) is 28.9. The minimum absolute atomic E-state index is 0.0863. The van der Waals surface area contributed by atoms with Crippen molar-refractivity contribution in [3.63, 3.8) is 0 Å². The summed E-state index contributed by atoms with van der Waals surface area (Å²) in [5.41, 5.74) is 2.27. The molecule has 1 saturated heterocycles. The Kier molecular flexibility index (Phi) is 6.58. The molecule has 5 nitrogen and oxygen atoms in total. The fraction of sp³-hybridized carbons (Fsp3) is 0.231. The number of halogens is 3. The molecule has 1 fully saturated rings. The number of urea groups is 1. The Morgan fingerprint density at radius 1 is 0.971 bits per heavy atom. The van der Waals surface area contributed by atoms with Crippen molar-refractivity contribution in [3.05, 3.63) is 95.1 Å². The van der Waals surface area contributed by atoms with Gasteiger partial charge in [0, 0.05) is 36.6 Å². The third kappa shape index (κ3) is 5.22. The molecule has 3 amide bonds. The molecule has 176 valence electrons. The summed E-state index contributed by atoms with van der Waals surface area (Å²) in [5.74, 6) is -0.244. The van der Waals surface area contributed by atoms with Gasteiger partial charge in [0.2, 0.25) is 0 Å². The number of benzene rings is 3. The maximum absolute atomic E-state index is 13.2. The van der Waals surface area contributed by atoms with Crippen molar-refractivity contribution in [2.75, 3.05) is 23.3 Å². The van der Waals surface area contributed by atoms with Gasteiger partial charge in [-0.1, -0.05) is 36.4 Å². The Balaban J connectivity index is 1.49. The monoisotopic (exact) mass is 467 g/mol. The minimum Gasteiger partial charge on any atom is -0.322 e. The molecule has 0 unspecified atom stereocenters. The Labute approximate surface area is 195 Å². The first-order valence-corrected chi connectivity index (χ1v) is 10.9. The standard InChI is InChI=1S/C26H24F3N3O2/c1-18-7-2-3-12-23(18)24(33)30-21-10-5-11-22(16-21)32-14-6-13-31(25(32)34)17-19-8-4-9-20(15-19)26(27,28)29/h2-5,7-12,15-16H,6,13-14,17H2,1H3,(H,30,33). The van der Waals surface area contributed by atoms with Crippen molar-refractivity contribution in [1.29, 1.82) is 0 Å². The van der Waals surface area contributed by atoms with Crippen LogP contribution in [0.25, 0.3) is 0 Å². The molecule has 1 N–H and O–H groups in total. The maximum Gasteiger partial charge on any atom is 0.416 e. The highest BCUT2D eigenvalue weighted by molar-refractivity contribution is 6.05. The van der Waals surface area contributed by atoms with E-state index >= 15 is 0 Å². The highest BCUT2D eigenvalue weighted by Gasteiger charge is 2.31. The van der Waals surface area contributed by atoms with E-state index in [1.165, 1.54) is 11.0 Å². The van der Waals surface area contributed by atoms with E-state index in [-0.39, 0.29) is 18.5 Å². The summed E-state index contributed by atoms with van der Waals surface area (Å²) in [5, 5.41) is 2.87. The predicted octanol–water partition coefficient (Wildman–Crippen LogP) is 6.10. The number of nitrogens with one attached hydrogen (secondary N) is 1. The quantitative estimate of drug-likeness (QED) is 0.493. The number of hydrogen-bond donors (Lipinski definition) is 1. The van der Waals surface area contributed by atoms with Crippen molar-refractivity contribution in [3.8, 4) is 0 Å². The molecule has 0 atom stereocenters. The van der Waals surface area contributed by atoms with Crippen LogP contribution in [-0.2, 0) is 12.7 Å². The van der Waals surface area contributed by atoms with Gasteiger partial charge in [-0.3, -0.25) is 9.69 Å². The second-order valence-corrected chi connectivity index (χ2v) is 8.23. The third-order valence-electron chi connectivity index (χ3n) is 5.74. The number of nitrogens with zero attached hydrogens (tertiary/aromatic N) is 2. The smallest absolute Gasteiger partial charge is 0.322 e. The second kappa shape index (κ2) is 9.59. The number of aryl methyl sites for hydroxylation is 1. The zero-order valence-electron chi connectivity index (χ0n) is 18.6. The van der Waals surface area contributed by atoms with E-state index in [1.807, 2.05) is 19.1 Å². The Morgan fingerprint density at radius 2 is 1.74 bits per heavy atom. The van der Waals surface area contributed by atoms with Crippen LogP contribution in [0.4, 0.5) is 29.3 Å². The van der Waals surface area contributed by atoms with Gasteiger partial charge in [-0.05, 0) is 60.9 Å². The average Bonchev–Trinajstić information content (AvgIpc) is 2.80. The molecule has 4 rings (SSSR count). The molecule has 0 aromatic heterocycles. The van der Waals surface area contributed by atoms with Crippen LogP contribution >= 0.6 is 0 Å². The van der Waals surface area contributed by atoms with Gasteiger partial charge in [-0.2, -0.15) is 13.2 Å². The zero-order chi connectivity index (χ0) is 24.3. The zero-order valence-corrected chi connectivity index (χ0v) is 18.6. The summed E-state index contributed by atoms with van der Waals surface area (Å²) in [6.45, 7) is 2.88. The molecule has 1 aliphatic heterocycles. The van der Waals surface area contributed by atoms with Crippen LogP contribution in [0.2, 0.25) is 0 Å². The molecule has 0 spiro atoms. The van der Waals surface area contributed by atoms with Crippen LogP contribution < -0.4 is 10.2 Å². The number of alkyl halides is 3. The fourth-order valence-electron chi connectivity index (χ4n) is 4.01. The Hall–Kier alpha value is -3.81. The lowest BCUT2D eigenvalue weighted by Gasteiger charge is -2.36. The minimum atomic E-state index is -4.43. The largest absolute Gasteiger partial charge is 0.416 e. The molecule has 34 heavy (non-hydrogen) atoms. The van der Waals surface area contributed by atoms with E-state index < -0.39 is 11.7 Å². The van der Waals surface area contributed by atoms with E-state index in [0.717, 1.165) is 17.7 Å². The molecule has 3 aromatic rings. The van der Waals surface area contributed by atoms with Crippen LogP contribution in [-0.4, -0.2) is 29.9 Å². The van der Waals surface area contributed by atoms with Crippen LogP contribution in [0.15, 0.2) is 72.8 Å². The average molecular weight is 467 g/mol. The topological polar surface area (TPSA) is 52.7 Å². The van der Waals surface area contributed by atoms with Gasteiger partial charge in [-0.15, -0.1) is 0 Å². The molecule has 0 radical (unpaired) electrons. The molecule has 0 bridgehead atoms. The SMILES string of the molecule is Cc1ccccc1C(=O)Nc1cccc(N2CCCN(Cc3cccc(C(F)(F)F)c3)C2=O)c1. The number of hydrogen-bond acceptors (Lipinski definition) is 2. The Morgan fingerprint density at radius 3 is 2.50 bits per heavy atom. The van der Waals surface area contributed by atoms with Crippen LogP contribution in [0, 0.1) is 6.92 Å². The summed E-state index contributed by atoms with van der Waals surface area (Å²) in [7, 11) is 0. The summed E-state index contributed by atoms with van der Waals surface area (Å²) >= 11 is 0. The van der Waals surface area contributed by atoms with Crippen molar-refractivity contribution < 1.29 is 22.8 Å². The highest BCUT2D eigenvalue weighted by Crippen LogP contribution is 2.30. The maximum atomic E-state index is 13.2. The van der Waals surface area contributed by atoms with E-state index in [9.17, 15) is 22.8 Å². The van der Waals surface area contributed by atoms with Crippen LogP contribution in [0.5, 0.6) is 0 Å². The van der Waals surface area contributed by atoms with E-state index in [1.54, 1.807) is 47.4 Å². The first kappa shape index (κ1) is 23.4. The predicted molar refractivity (Wildman–Crippen MR) is 125 cm³/mol. The van der Waals surface area contributed by atoms with Crippen molar-refractivity contribution in [1.82, 2.24) is 4.90 Å². The normalized spacial score (nSPS) is 14.3. The summed E-state index contributed by atoms with van der Waals surface area (Å²) < 4.78 is 39.1. The van der Waals surface area contributed by atoms with Gasteiger partial charge in [0.1, 0.15) is 0 Å².